The van der Waals surface area contributed by atoms with Gasteiger partial charge >= 0.3 is 0 Å². The standard InChI is InChI=1S/C26H27N3O5S/c1-15-4-7-23(33-3)19(12-15)22(31)6-9-25(32)29-26-28-21(14-35-26)17-5-8-24-18(13-17)20(10-11-34-24)27-16(2)30/h4-5,7-8,12-14,20H,6,9-11H2,1-3H3,(H,27,30)(H,28,29,32). The number of benzene rings is 2. The average molecular weight is 494 g/mol. The van der Waals surface area contributed by atoms with Crippen LogP contribution in [0.1, 0.15) is 53.7 Å². The number of ether oxygens (including phenoxy) is 2. The van der Waals surface area contributed by atoms with Gasteiger partial charge in [-0.1, -0.05) is 11.6 Å². The molecule has 182 valence electrons. The van der Waals surface area contributed by atoms with Crippen LogP contribution >= 0.6 is 11.3 Å². The quantitative estimate of drug-likeness (QED) is 0.441. The molecule has 2 N–H and O–H groups in total. The summed E-state index contributed by atoms with van der Waals surface area (Å²) in [6.45, 7) is 3.95. The summed E-state index contributed by atoms with van der Waals surface area (Å²) in [4.78, 5) is 41.2. The highest BCUT2D eigenvalue weighted by molar-refractivity contribution is 7.14. The summed E-state index contributed by atoms with van der Waals surface area (Å²) in [5.41, 5.74) is 3.91. The van der Waals surface area contributed by atoms with Gasteiger partial charge in [0.25, 0.3) is 0 Å². The number of aryl methyl sites for hydroxylation is 1. The molecule has 0 bridgehead atoms. The number of hydrogen-bond donors (Lipinski definition) is 2. The third kappa shape index (κ3) is 5.86. The van der Waals surface area contributed by atoms with Crippen LogP contribution in [-0.2, 0) is 9.59 Å². The lowest BCUT2D eigenvalue weighted by atomic mass is 9.97. The van der Waals surface area contributed by atoms with Crippen molar-refractivity contribution < 1.29 is 23.9 Å². The van der Waals surface area contributed by atoms with Crippen LogP contribution in [0.3, 0.4) is 0 Å². The number of fused-ring (bicyclic) bond motifs is 1. The van der Waals surface area contributed by atoms with E-state index in [-0.39, 0.29) is 36.5 Å². The van der Waals surface area contributed by atoms with Crippen LogP contribution < -0.4 is 20.1 Å². The van der Waals surface area contributed by atoms with E-state index in [4.69, 9.17) is 9.47 Å². The molecule has 0 saturated carbocycles. The first-order valence-corrected chi connectivity index (χ1v) is 12.2. The van der Waals surface area contributed by atoms with Crippen molar-refractivity contribution in [2.45, 2.75) is 39.2 Å². The summed E-state index contributed by atoms with van der Waals surface area (Å²) in [7, 11) is 1.52. The fourth-order valence-corrected chi connectivity index (χ4v) is 4.73. The maximum atomic E-state index is 12.6. The Labute approximate surface area is 207 Å². The second kappa shape index (κ2) is 10.7. The summed E-state index contributed by atoms with van der Waals surface area (Å²) >= 11 is 1.31. The Morgan fingerprint density at radius 1 is 1.17 bits per heavy atom. The molecule has 0 radical (unpaired) electrons. The molecule has 0 fully saturated rings. The molecule has 1 aromatic heterocycles. The number of Topliss-reactive ketones (excluding diaryl/α,β-unsaturated/α-hetero) is 1. The number of thiazole rings is 1. The summed E-state index contributed by atoms with van der Waals surface area (Å²) in [6.07, 6.45) is 0.806. The zero-order chi connectivity index (χ0) is 24.9. The molecule has 0 aliphatic carbocycles. The lowest BCUT2D eigenvalue weighted by Crippen LogP contribution is -2.30. The molecule has 0 saturated heterocycles. The third-order valence-corrected chi connectivity index (χ3v) is 6.47. The van der Waals surface area contributed by atoms with Crippen LogP contribution in [0.25, 0.3) is 11.3 Å². The molecule has 1 aliphatic rings. The first-order valence-electron chi connectivity index (χ1n) is 11.3. The third-order valence-electron chi connectivity index (χ3n) is 5.71. The highest BCUT2D eigenvalue weighted by Crippen LogP contribution is 2.36. The Kier molecular flexibility index (Phi) is 7.45. The number of nitrogens with zero attached hydrogens (tertiary/aromatic N) is 1. The van der Waals surface area contributed by atoms with Crippen molar-refractivity contribution in [3.05, 3.63) is 58.5 Å². The summed E-state index contributed by atoms with van der Waals surface area (Å²) < 4.78 is 11.0. The smallest absolute Gasteiger partial charge is 0.226 e. The average Bonchev–Trinajstić information content (AvgIpc) is 3.30. The van der Waals surface area contributed by atoms with Crippen molar-refractivity contribution in [1.82, 2.24) is 10.3 Å². The molecule has 2 aromatic carbocycles. The minimum absolute atomic E-state index is 0.0411. The molecule has 35 heavy (non-hydrogen) atoms. The maximum Gasteiger partial charge on any atom is 0.226 e. The van der Waals surface area contributed by atoms with E-state index in [1.165, 1.54) is 25.4 Å². The SMILES string of the molecule is COc1ccc(C)cc1C(=O)CCC(=O)Nc1nc(-c2ccc3c(c2)C(NC(C)=O)CCO3)cs1. The summed E-state index contributed by atoms with van der Waals surface area (Å²) in [6, 6.07) is 11.0. The van der Waals surface area contributed by atoms with Gasteiger partial charge in [-0.25, -0.2) is 4.98 Å². The molecule has 9 heteroatoms. The molecule has 0 spiro atoms. The number of ketones is 1. The van der Waals surface area contributed by atoms with Crippen molar-refractivity contribution in [3.63, 3.8) is 0 Å². The Morgan fingerprint density at radius 3 is 2.77 bits per heavy atom. The lowest BCUT2D eigenvalue weighted by Gasteiger charge is -2.26. The summed E-state index contributed by atoms with van der Waals surface area (Å²) in [5, 5.41) is 8.06. The van der Waals surface area contributed by atoms with E-state index in [2.05, 4.69) is 15.6 Å². The molecule has 4 rings (SSSR count). The zero-order valence-electron chi connectivity index (χ0n) is 19.8. The van der Waals surface area contributed by atoms with Crippen LogP contribution in [0.5, 0.6) is 11.5 Å². The van der Waals surface area contributed by atoms with E-state index in [0.29, 0.717) is 35.2 Å². The van der Waals surface area contributed by atoms with Crippen molar-refractivity contribution >= 4 is 34.1 Å². The Morgan fingerprint density at radius 2 is 2.00 bits per heavy atom. The highest BCUT2D eigenvalue weighted by Gasteiger charge is 2.23. The Bertz CT molecular complexity index is 1270. The fourth-order valence-electron chi connectivity index (χ4n) is 4.00. The number of amides is 2. The molecular weight excluding hydrogens is 466 g/mol. The van der Waals surface area contributed by atoms with Crippen LogP contribution in [0.4, 0.5) is 5.13 Å². The molecule has 2 amide bonds. The highest BCUT2D eigenvalue weighted by atomic mass is 32.1. The molecule has 3 aromatic rings. The molecular formula is C26H27N3O5S. The number of anilines is 1. The van der Waals surface area contributed by atoms with Gasteiger partial charge in [0.05, 0.1) is 31.0 Å². The van der Waals surface area contributed by atoms with Crippen molar-refractivity contribution in [2.75, 3.05) is 19.0 Å². The van der Waals surface area contributed by atoms with E-state index in [1.807, 2.05) is 36.6 Å². The number of carbonyl (C=O) groups is 3. The topological polar surface area (TPSA) is 107 Å². The first-order chi connectivity index (χ1) is 16.8. The molecule has 2 heterocycles. The summed E-state index contributed by atoms with van der Waals surface area (Å²) in [5.74, 6) is 0.728. The number of methoxy groups -OCH3 is 1. The van der Waals surface area contributed by atoms with E-state index >= 15 is 0 Å². The van der Waals surface area contributed by atoms with Gasteiger partial charge in [-0.3, -0.25) is 14.4 Å². The van der Waals surface area contributed by atoms with Crippen molar-refractivity contribution in [1.29, 1.82) is 0 Å². The lowest BCUT2D eigenvalue weighted by molar-refractivity contribution is -0.120. The first kappa shape index (κ1) is 24.4. The Hall–Kier alpha value is -3.72. The van der Waals surface area contributed by atoms with Gasteiger partial charge in [0.2, 0.25) is 11.8 Å². The van der Waals surface area contributed by atoms with Gasteiger partial charge < -0.3 is 20.1 Å². The Balaban J connectivity index is 1.40. The van der Waals surface area contributed by atoms with Crippen LogP contribution in [-0.4, -0.2) is 36.3 Å². The van der Waals surface area contributed by atoms with Crippen LogP contribution in [0.15, 0.2) is 41.8 Å². The van der Waals surface area contributed by atoms with E-state index in [0.717, 1.165) is 22.4 Å². The van der Waals surface area contributed by atoms with Crippen LogP contribution in [0, 0.1) is 6.92 Å². The van der Waals surface area contributed by atoms with E-state index < -0.39 is 0 Å². The normalized spacial score (nSPS) is 14.4. The molecule has 1 unspecified atom stereocenters. The largest absolute Gasteiger partial charge is 0.496 e. The van der Waals surface area contributed by atoms with Gasteiger partial charge in [0.1, 0.15) is 11.5 Å². The van der Waals surface area contributed by atoms with E-state index in [1.54, 1.807) is 12.1 Å². The van der Waals surface area contributed by atoms with Gasteiger partial charge in [0, 0.05) is 42.7 Å². The number of hydrogen-bond acceptors (Lipinski definition) is 7. The minimum atomic E-state index is -0.282. The number of carbonyl (C=O) groups excluding carboxylic acids is 3. The second-order valence-electron chi connectivity index (χ2n) is 8.36. The van der Waals surface area contributed by atoms with Crippen molar-refractivity contribution in [2.24, 2.45) is 0 Å². The second-order valence-corrected chi connectivity index (χ2v) is 9.21. The number of rotatable bonds is 8. The van der Waals surface area contributed by atoms with Gasteiger partial charge in [0.15, 0.2) is 10.9 Å². The van der Waals surface area contributed by atoms with Crippen molar-refractivity contribution in [3.8, 4) is 22.8 Å². The van der Waals surface area contributed by atoms with E-state index in [9.17, 15) is 14.4 Å². The van der Waals surface area contributed by atoms with Gasteiger partial charge in [-0.15, -0.1) is 11.3 Å². The zero-order valence-corrected chi connectivity index (χ0v) is 20.7. The predicted molar refractivity (Wildman–Crippen MR) is 134 cm³/mol. The number of aromatic nitrogens is 1. The number of nitrogens with one attached hydrogen (secondary N) is 2. The van der Waals surface area contributed by atoms with Gasteiger partial charge in [-0.05, 0) is 37.3 Å². The molecule has 1 aliphatic heterocycles. The molecule has 8 nitrogen and oxygen atoms in total. The fraction of sp³-hybridized carbons (Fsp3) is 0.308. The monoisotopic (exact) mass is 493 g/mol. The predicted octanol–water partition coefficient (Wildman–Crippen LogP) is 4.69. The van der Waals surface area contributed by atoms with Crippen LogP contribution in [0.2, 0.25) is 0 Å². The minimum Gasteiger partial charge on any atom is -0.496 e. The molecule has 1 atom stereocenters. The van der Waals surface area contributed by atoms with Gasteiger partial charge in [-0.2, -0.15) is 0 Å². The maximum absolute atomic E-state index is 12.6.